The monoisotopic (exact) mass is 178 g/mol. The highest BCUT2D eigenvalue weighted by molar-refractivity contribution is 5.69. The lowest BCUT2D eigenvalue weighted by Gasteiger charge is -2.21. The van der Waals surface area contributed by atoms with Gasteiger partial charge in [0.2, 0.25) is 0 Å². The molecule has 0 saturated heterocycles. The molecule has 2 nitrogen and oxygen atoms in total. The van der Waals surface area contributed by atoms with Crippen LogP contribution in [0.3, 0.4) is 0 Å². The lowest BCUT2D eigenvalue weighted by atomic mass is 10.2. The highest BCUT2D eigenvalue weighted by atomic mass is 15.1. The fourth-order valence-electron chi connectivity index (χ4n) is 1.47. The second-order valence-electron chi connectivity index (χ2n) is 3.19. The first-order valence-corrected chi connectivity index (χ1v) is 4.77. The van der Waals surface area contributed by atoms with Crippen molar-refractivity contribution in [3.63, 3.8) is 0 Å². The molecule has 1 aromatic rings. The molecule has 0 amide bonds. The number of nitrogens with one attached hydrogen (secondary N) is 1. The van der Waals surface area contributed by atoms with Crippen molar-refractivity contribution in [3.05, 3.63) is 24.3 Å². The van der Waals surface area contributed by atoms with Crippen LogP contribution < -0.4 is 10.2 Å². The minimum Gasteiger partial charge on any atom is -0.386 e. The van der Waals surface area contributed by atoms with Gasteiger partial charge in [-0.1, -0.05) is 19.1 Å². The molecule has 72 valence electrons. The van der Waals surface area contributed by atoms with Gasteiger partial charge in [-0.05, 0) is 18.6 Å². The van der Waals surface area contributed by atoms with Gasteiger partial charge in [-0.2, -0.15) is 0 Å². The Morgan fingerprint density at radius 3 is 2.62 bits per heavy atom. The van der Waals surface area contributed by atoms with Crippen molar-refractivity contribution in [1.29, 1.82) is 0 Å². The maximum Gasteiger partial charge on any atom is 0.0599 e. The first-order valence-electron chi connectivity index (χ1n) is 4.77. The van der Waals surface area contributed by atoms with E-state index < -0.39 is 0 Å². The normalized spacial score (nSPS) is 9.77. The van der Waals surface area contributed by atoms with Crippen LogP contribution in [-0.4, -0.2) is 20.6 Å². The molecule has 0 saturated carbocycles. The average Bonchev–Trinajstić information content (AvgIpc) is 2.18. The van der Waals surface area contributed by atoms with Crippen LogP contribution in [0.25, 0.3) is 0 Å². The van der Waals surface area contributed by atoms with E-state index in [2.05, 4.69) is 48.5 Å². The molecule has 0 aliphatic carbocycles. The second kappa shape index (κ2) is 4.75. The predicted molar refractivity (Wildman–Crippen MR) is 59.5 cm³/mol. The van der Waals surface area contributed by atoms with Gasteiger partial charge >= 0.3 is 0 Å². The minimum absolute atomic E-state index is 1.10. The lowest BCUT2D eigenvalue weighted by Crippen LogP contribution is -2.18. The Bertz CT molecular complexity index is 258. The summed E-state index contributed by atoms with van der Waals surface area (Å²) in [5, 5.41) is 3.19. The largest absolute Gasteiger partial charge is 0.386 e. The molecule has 0 unspecified atom stereocenters. The van der Waals surface area contributed by atoms with E-state index in [9.17, 15) is 0 Å². The Morgan fingerprint density at radius 1 is 1.31 bits per heavy atom. The van der Waals surface area contributed by atoms with Crippen molar-refractivity contribution >= 4 is 11.4 Å². The fourth-order valence-corrected chi connectivity index (χ4v) is 1.47. The minimum atomic E-state index is 1.10. The zero-order valence-electron chi connectivity index (χ0n) is 8.67. The molecule has 1 N–H and O–H groups in total. The van der Waals surface area contributed by atoms with Gasteiger partial charge in [0.15, 0.2) is 0 Å². The quantitative estimate of drug-likeness (QED) is 0.762. The van der Waals surface area contributed by atoms with E-state index in [-0.39, 0.29) is 0 Å². The van der Waals surface area contributed by atoms with Crippen LogP contribution in [0.5, 0.6) is 0 Å². The van der Waals surface area contributed by atoms with Gasteiger partial charge < -0.3 is 10.2 Å². The summed E-state index contributed by atoms with van der Waals surface area (Å²) in [5.74, 6) is 0. The van der Waals surface area contributed by atoms with Crippen LogP contribution in [0.2, 0.25) is 0 Å². The van der Waals surface area contributed by atoms with E-state index >= 15 is 0 Å². The van der Waals surface area contributed by atoms with Crippen LogP contribution in [0, 0.1) is 0 Å². The zero-order chi connectivity index (χ0) is 9.68. The molecule has 1 rings (SSSR count). The summed E-state index contributed by atoms with van der Waals surface area (Å²) in [4.78, 5) is 2.27. The Hall–Kier alpha value is -1.18. The van der Waals surface area contributed by atoms with E-state index in [0.29, 0.717) is 0 Å². The molecule has 0 aliphatic rings. The van der Waals surface area contributed by atoms with Crippen molar-refractivity contribution in [3.8, 4) is 0 Å². The molecule has 0 bridgehead atoms. The number of anilines is 2. The highest BCUT2D eigenvalue weighted by Gasteiger charge is 2.03. The van der Waals surface area contributed by atoms with Crippen molar-refractivity contribution in [2.45, 2.75) is 13.3 Å². The lowest BCUT2D eigenvalue weighted by molar-refractivity contribution is 0.853. The summed E-state index contributed by atoms with van der Waals surface area (Å²) in [6.07, 6.45) is 1.18. The topological polar surface area (TPSA) is 15.3 Å². The number of para-hydroxylation sites is 2. The molecule has 0 fully saturated rings. The van der Waals surface area contributed by atoms with Gasteiger partial charge in [-0.15, -0.1) is 0 Å². The Labute approximate surface area is 80.6 Å². The van der Waals surface area contributed by atoms with Gasteiger partial charge in [0.25, 0.3) is 0 Å². The maximum atomic E-state index is 3.19. The van der Waals surface area contributed by atoms with Crippen LogP contribution in [0.1, 0.15) is 13.3 Å². The fraction of sp³-hybridized carbons (Fsp3) is 0.455. The third-order valence-electron chi connectivity index (χ3n) is 2.14. The summed E-state index contributed by atoms with van der Waals surface area (Å²) in [6, 6.07) is 8.36. The van der Waals surface area contributed by atoms with E-state index in [4.69, 9.17) is 0 Å². The van der Waals surface area contributed by atoms with Crippen LogP contribution in [-0.2, 0) is 0 Å². The number of hydrogen-bond acceptors (Lipinski definition) is 2. The van der Waals surface area contributed by atoms with Crippen LogP contribution in [0.4, 0.5) is 11.4 Å². The van der Waals surface area contributed by atoms with Gasteiger partial charge in [0, 0.05) is 20.6 Å². The Balaban J connectivity index is 2.85. The number of benzene rings is 1. The summed E-state index contributed by atoms with van der Waals surface area (Å²) in [6.45, 7) is 3.29. The molecule has 1 aromatic carbocycles. The van der Waals surface area contributed by atoms with E-state index in [0.717, 1.165) is 6.54 Å². The Kier molecular flexibility index (Phi) is 3.62. The number of rotatable bonds is 4. The molecular formula is C11H18N2. The van der Waals surface area contributed by atoms with Crippen LogP contribution in [0.15, 0.2) is 24.3 Å². The zero-order valence-corrected chi connectivity index (χ0v) is 8.67. The number of nitrogens with zero attached hydrogens (tertiary/aromatic N) is 1. The first kappa shape index (κ1) is 9.90. The molecule has 0 aliphatic heterocycles. The molecule has 0 heterocycles. The van der Waals surface area contributed by atoms with Gasteiger partial charge in [-0.25, -0.2) is 0 Å². The molecular weight excluding hydrogens is 160 g/mol. The van der Waals surface area contributed by atoms with E-state index in [1.807, 2.05) is 7.05 Å². The summed E-state index contributed by atoms with van der Waals surface area (Å²) in [7, 11) is 4.08. The van der Waals surface area contributed by atoms with Gasteiger partial charge in [0.05, 0.1) is 11.4 Å². The third-order valence-corrected chi connectivity index (χ3v) is 2.14. The highest BCUT2D eigenvalue weighted by Crippen LogP contribution is 2.23. The molecule has 0 radical (unpaired) electrons. The van der Waals surface area contributed by atoms with Crippen molar-refractivity contribution in [1.82, 2.24) is 0 Å². The standard InChI is InChI=1S/C11H18N2/c1-4-9-13(3)11-8-6-5-7-10(11)12-2/h5-8,12H,4,9H2,1-3H3. The molecule has 0 spiro atoms. The summed E-state index contributed by atoms with van der Waals surface area (Å²) >= 11 is 0. The smallest absolute Gasteiger partial charge is 0.0599 e. The van der Waals surface area contributed by atoms with Crippen molar-refractivity contribution in [2.24, 2.45) is 0 Å². The van der Waals surface area contributed by atoms with E-state index in [1.54, 1.807) is 0 Å². The van der Waals surface area contributed by atoms with Crippen molar-refractivity contribution in [2.75, 3.05) is 30.9 Å². The number of hydrogen-bond donors (Lipinski definition) is 1. The summed E-state index contributed by atoms with van der Waals surface area (Å²) < 4.78 is 0. The van der Waals surface area contributed by atoms with E-state index in [1.165, 1.54) is 17.8 Å². The van der Waals surface area contributed by atoms with Gasteiger partial charge in [0.1, 0.15) is 0 Å². The third kappa shape index (κ3) is 2.38. The molecule has 2 heteroatoms. The van der Waals surface area contributed by atoms with Crippen molar-refractivity contribution < 1.29 is 0 Å². The molecule has 0 aromatic heterocycles. The Morgan fingerprint density at radius 2 is 2.00 bits per heavy atom. The van der Waals surface area contributed by atoms with Gasteiger partial charge in [-0.3, -0.25) is 0 Å². The maximum absolute atomic E-state index is 3.19. The molecule has 13 heavy (non-hydrogen) atoms. The summed E-state index contributed by atoms with van der Waals surface area (Å²) in [5.41, 5.74) is 2.46. The second-order valence-corrected chi connectivity index (χ2v) is 3.19. The average molecular weight is 178 g/mol. The predicted octanol–water partition coefficient (Wildman–Crippen LogP) is 2.57. The SMILES string of the molecule is CCCN(C)c1ccccc1NC. The first-order chi connectivity index (χ1) is 6.29. The van der Waals surface area contributed by atoms with Crippen LogP contribution >= 0.6 is 0 Å². The molecule has 0 atom stereocenters.